The third kappa shape index (κ3) is 6.49. The van der Waals surface area contributed by atoms with Crippen LogP contribution in [-0.4, -0.2) is 56.4 Å². The van der Waals surface area contributed by atoms with E-state index >= 15 is 0 Å². The summed E-state index contributed by atoms with van der Waals surface area (Å²) in [7, 11) is -1.30. The number of allylic oxidation sites excluding steroid dienone is 4. The van der Waals surface area contributed by atoms with Crippen molar-refractivity contribution in [1.29, 1.82) is 0 Å². The van der Waals surface area contributed by atoms with Gasteiger partial charge in [-0.1, -0.05) is 30.7 Å². The molecule has 2 unspecified atom stereocenters. The van der Waals surface area contributed by atoms with Crippen LogP contribution >= 0.6 is 0 Å². The zero-order valence-corrected chi connectivity index (χ0v) is 21.7. The van der Waals surface area contributed by atoms with Crippen molar-refractivity contribution in [2.24, 2.45) is 11.8 Å². The van der Waals surface area contributed by atoms with Gasteiger partial charge in [0.05, 0.1) is 11.3 Å². The average molecular weight is 501 g/mol. The van der Waals surface area contributed by atoms with E-state index in [0.29, 0.717) is 30.1 Å². The fourth-order valence-corrected chi connectivity index (χ4v) is 6.33. The normalized spacial score (nSPS) is 21.6. The Balaban J connectivity index is 0.000000283. The van der Waals surface area contributed by atoms with E-state index in [1.807, 2.05) is 13.7 Å². The molecule has 35 heavy (non-hydrogen) atoms. The van der Waals surface area contributed by atoms with Crippen LogP contribution in [0.5, 0.6) is 5.75 Å². The van der Waals surface area contributed by atoms with Crippen molar-refractivity contribution in [3.8, 4) is 5.75 Å². The average Bonchev–Trinajstić information content (AvgIpc) is 3.51. The minimum atomic E-state index is -3.39. The lowest BCUT2D eigenvalue weighted by atomic mass is 9.89. The Morgan fingerprint density at radius 2 is 1.89 bits per heavy atom. The number of piperidine rings is 1. The van der Waals surface area contributed by atoms with E-state index in [2.05, 4.69) is 37.1 Å². The molecule has 1 saturated carbocycles. The van der Waals surface area contributed by atoms with Gasteiger partial charge in [0.25, 0.3) is 6.47 Å². The Morgan fingerprint density at radius 3 is 2.49 bits per heavy atom. The number of likely N-dealkylation sites (tertiary alicyclic amines) is 1. The largest absolute Gasteiger partial charge is 0.429 e. The highest BCUT2D eigenvalue weighted by Gasteiger charge is 2.34. The third-order valence-electron chi connectivity index (χ3n) is 6.85. The molecule has 0 radical (unpaired) electrons. The predicted octanol–water partition coefficient (Wildman–Crippen LogP) is 4.53. The Bertz CT molecular complexity index is 1190. The monoisotopic (exact) mass is 500 g/mol. The van der Waals surface area contributed by atoms with E-state index in [4.69, 9.17) is 9.53 Å². The van der Waals surface area contributed by atoms with E-state index < -0.39 is 10.0 Å². The predicted molar refractivity (Wildman–Crippen MR) is 139 cm³/mol. The molecule has 0 N–H and O–H groups in total. The molecule has 1 aromatic carbocycles. The standard InChI is InChI=1S/C18H24N2O4S.C8H10.CH2O/c1-3-10-25(22,23)20-12-17(14-6-8-19(2)9-7-14)16-11-15(24-13-21)4-5-18(16)20;1-6-2-3-7-5-8(7)4-6;1-2/h4-5,11-14H,3,6-10H2,1-2H3;2-4,7-8H,5H2,1H3;1H2. The summed E-state index contributed by atoms with van der Waals surface area (Å²) in [6, 6.07) is 5.13. The molecule has 2 aromatic rings. The summed E-state index contributed by atoms with van der Waals surface area (Å²) in [4.78, 5) is 20.9. The molecule has 0 spiro atoms. The van der Waals surface area contributed by atoms with Crippen LogP contribution in [0.3, 0.4) is 0 Å². The fraction of sp³-hybridized carbons (Fsp3) is 0.481. The van der Waals surface area contributed by atoms with Gasteiger partial charge in [0.1, 0.15) is 12.5 Å². The molecule has 5 rings (SSSR count). The zero-order valence-electron chi connectivity index (χ0n) is 20.9. The number of fused-ring (bicyclic) bond motifs is 2. The smallest absolute Gasteiger partial charge is 0.298 e. The third-order valence-corrected chi connectivity index (χ3v) is 8.68. The summed E-state index contributed by atoms with van der Waals surface area (Å²) in [5, 5.41) is 0.855. The van der Waals surface area contributed by atoms with Crippen LogP contribution in [0.15, 0.2) is 48.2 Å². The van der Waals surface area contributed by atoms with Crippen LogP contribution in [-0.2, 0) is 19.6 Å². The lowest BCUT2D eigenvalue weighted by molar-refractivity contribution is -0.120. The number of rotatable bonds is 6. The maximum Gasteiger partial charge on any atom is 0.298 e. The summed E-state index contributed by atoms with van der Waals surface area (Å²) in [5.41, 5.74) is 3.13. The van der Waals surface area contributed by atoms with E-state index in [-0.39, 0.29) is 5.75 Å². The highest BCUT2D eigenvalue weighted by Crippen LogP contribution is 2.44. The van der Waals surface area contributed by atoms with Gasteiger partial charge in [-0.05, 0) is 94.3 Å². The van der Waals surface area contributed by atoms with Gasteiger partial charge in [-0.3, -0.25) is 4.79 Å². The molecule has 190 valence electrons. The molecule has 1 aliphatic heterocycles. The first kappa shape index (κ1) is 26.9. The van der Waals surface area contributed by atoms with E-state index in [0.717, 1.165) is 48.7 Å². The van der Waals surface area contributed by atoms with Gasteiger partial charge in [0.15, 0.2) is 0 Å². The minimum Gasteiger partial charge on any atom is -0.429 e. The number of aromatic nitrogens is 1. The number of benzene rings is 1. The Morgan fingerprint density at radius 1 is 1.17 bits per heavy atom. The lowest BCUT2D eigenvalue weighted by Gasteiger charge is -2.28. The van der Waals surface area contributed by atoms with Crippen LogP contribution < -0.4 is 4.74 Å². The number of hydrogen-bond acceptors (Lipinski definition) is 6. The number of hydrogen-bond donors (Lipinski definition) is 0. The number of ether oxygens (including phenoxy) is 1. The van der Waals surface area contributed by atoms with Crippen molar-refractivity contribution in [3.05, 3.63) is 53.8 Å². The van der Waals surface area contributed by atoms with Gasteiger partial charge >= 0.3 is 0 Å². The zero-order chi connectivity index (χ0) is 25.6. The Labute approximate surface area is 208 Å². The summed E-state index contributed by atoms with van der Waals surface area (Å²) in [6.45, 7) is 8.40. The van der Waals surface area contributed by atoms with E-state index in [1.165, 1.54) is 16.0 Å². The summed E-state index contributed by atoms with van der Waals surface area (Å²) in [5.74, 6) is 2.71. The molecule has 8 heteroatoms. The van der Waals surface area contributed by atoms with Crippen LogP contribution in [0, 0.1) is 11.8 Å². The molecule has 2 fully saturated rings. The molecule has 1 saturated heterocycles. The Kier molecular flexibility index (Phi) is 9.08. The summed E-state index contributed by atoms with van der Waals surface area (Å²) < 4.78 is 31.7. The molecule has 0 amide bonds. The van der Waals surface area contributed by atoms with Crippen molar-refractivity contribution < 1.29 is 22.7 Å². The molecule has 0 bridgehead atoms. The first-order valence-corrected chi connectivity index (χ1v) is 13.8. The number of carbonyl (C=O) groups is 2. The molecule has 2 aliphatic carbocycles. The van der Waals surface area contributed by atoms with E-state index in [1.54, 1.807) is 24.4 Å². The van der Waals surface area contributed by atoms with Crippen molar-refractivity contribution in [2.45, 2.75) is 45.4 Å². The topological polar surface area (TPSA) is 85.7 Å². The van der Waals surface area contributed by atoms with Gasteiger partial charge in [0, 0.05) is 11.6 Å². The second-order valence-corrected chi connectivity index (χ2v) is 11.5. The van der Waals surface area contributed by atoms with Crippen molar-refractivity contribution in [3.63, 3.8) is 0 Å². The quantitative estimate of drug-likeness (QED) is 0.542. The number of nitrogens with zero attached hydrogens (tertiary/aromatic N) is 2. The molecular weight excluding hydrogens is 464 g/mol. The SMILES string of the molecule is C=O.CC1=CC2CC2C=C1.CCCS(=O)(=O)n1cc(C2CCN(C)CC2)c2cc(OC=O)ccc21. The molecule has 1 aromatic heterocycles. The summed E-state index contributed by atoms with van der Waals surface area (Å²) in [6.07, 6.45) is 12.7. The molecular formula is C27H36N2O5S. The van der Waals surface area contributed by atoms with Gasteiger partial charge in [-0.25, -0.2) is 12.4 Å². The second kappa shape index (κ2) is 11.8. The highest BCUT2D eigenvalue weighted by atomic mass is 32.2. The summed E-state index contributed by atoms with van der Waals surface area (Å²) >= 11 is 0. The van der Waals surface area contributed by atoms with Crippen molar-refractivity contribution in [1.82, 2.24) is 8.87 Å². The van der Waals surface area contributed by atoms with Gasteiger partial charge in [-0.15, -0.1) is 0 Å². The molecule has 2 heterocycles. The first-order chi connectivity index (χ1) is 16.8. The molecule has 3 aliphatic rings. The molecule has 7 nitrogen and oxygen atoms in total. The molecule has 2 atom stereocenters. The van der Waals surface area contributed by atoms with Gasteiger partial charge in [-0.2, -0.15) is 0 Å². The van der Waals surface area contributed by atoms with Crippen molar-refractivity contribution in [2.75, 3.05) is 25.9 Å². The van der Waals surface area contributed by atoms with Crippen LogP contribution in [0.1, 0.15) is 51.0 Å². The Hall–Kier alpha value is -2.71. The van der Waals surface area contributed by atoms with E-state index in [9.17, 15) is 13.2 Å². The van der Waals surface area contributed by atoms with Gasteiger partial charge < -0.3 is 14.4 Å². The van der Waals surface area contributed by atoms with Gasteiger partial charge in [0.2, 0.25) is 10.0 Å². The van der Waals surface area contributed by atoms with Crippen LogP contribution in [0.2, 0.25) is 0 Å². The van der Waals surface area contributed by atoms with Crippen LogP contribution in [0.25, 0.3) is 10.9 Å². The number of carbonyl (C=O) groups excluding carboxylic acids is 2. The minimum absolute atomic E-state index is 0.107. The van der Waals surface area contributed by atoms with Crippen molar-refractivity contribution >= 4 is 34.2 Å². The lowest BCUT2D eigenvalue weighted by Crippen LogP contribution is -2.29. The maximum absolute atomic E-state index is 12.7. The fourth-order valence-electron chi connectivity index (χ4n) is 4.88. The maximum atomic E-state index is 12.7. The first-order valence-electron chi connectivity index (χ1n) is 12.1. The highest BCUT2D eigenvalue weighted by molar-refractivity contribution is 7.90. The second-order valence-electron chi connectivity index (χ2n) is 9.50. The van der Waals surface area contributed by atoms with Crippen LogP contribution in [0.4, 0.5) is 0 Å².